The van der Waals surface area contributed by atoms with E-state index >= 15 is 0 Å². The molecular weight excluding hydrogens is 226 g/mol. The van der Waals surface area contributed by atoms with Crippen molar-refractivity contribution in [2.45, 2.75) is 20.4 Å². The van der Waals surface area contributed by atoms with E-state index in [2.05, 4.69) is 24.2 Å². The molecule has 4 nitrogen and oxygen atoms in total. The van der Waals surface area contributed by atoms with E-state index < -0.39 is 0 Å². The number of benzene rings is 1. The first-order valence-corrected chi connectivity index (χ1v) is 6.13. The second-order valence-electron chi connectivity index (χ2n) is 4.21. The molecule has 0 unspecified atom stereocenters. The molecule has 0 bridgehead atoms. The molecule has 0 spiro atoms. The van der Waals surface area contributed by atoms with Crippen molar-refractivity contribution in [1.82, 2.24) is 9.78 Å². The van der Waals surface area contributed by atoms with Crippen molar-refractivity contribution in [3.05, 3.63) is 35.5 Å². The lowest BCUT2D eigenvalue weighted by Gasteiger charge is -2.06. The average Bonchev–Trinajstić information content (AvgIpc) is 2.66. The highest BCUT2D eigenvalue weighted by Gasteiger charge is 2.12. The first-order valence-electron chi connectivity index (χ1n) is 6.13. The Morgan fingerprint density at radius 3 is 2.44 bits per heavy atom. The van der Waals surface area contributed by atoms with Crippen molar-refractivity contribution in [2.24, 2.45) is 12.8 Å². The molecule has 1 aromatic carbocycles. The Morgan fingerprint density at radius 2 is 1.94 bits per heavy atom. The zero-order chi connectivity index (χ0) is 13.1. The van der Waals surface area contributed by atoms with Crippen LogP contribution in [-0.2, 0) is 13.6 Å². The third kappa shape index (κ3) is 2.24. The van der Waals surface area contributed by atoms with Crippen LogP contribution in [0.25, 0.3) is 11.3 Å². The summed E-state index contributed by atoms with van der Waals surface area (Å²) in [5.41, 5.74) is 10.0. The third-order valence-electron chi connectivity index (χ3n) is 3.01. The van der Waals surface area contributed by atoms with Crippen LogP contribution < -0.4 is 10.5 Å². The van der Waals surface area contributed by atoms with E-state index in [1.54, 1.807) is 0 Å². The summed E-state index contributed by atoms with van der Waals surface area (Å²) in [5.74, 6) is 0.889. The van der Waals surface area contributed by atoms with Crippen LogP contribution in [0.3, 0.4) is 0 Å². The monoisotopic (exact) mass is 245 g/mol. The lowest BCUT2D eigenvalue weighted by molar-refractivity contribution is 0.340. The van der Waals surface area contributed by atoms with Gasteiger partial charge >= 0.3 is 0 Å². The van der Waals surface area contributed by atoms with Gasteiger partial charge in [0.15, 0.2) is 0 Å². The Balaban J connectivity index is 2.39. The van der Waals surface area contributed by atoms with Gasteiger partial charge in [-0.2, -0.15) is 5.10 Å². The molecule has 4 heteroatoms. The van der Waals surface area contributed by atoms with Crippen LogP contribution in [0, 0.1) is 6.92 Å². The van der Waals surface area contributed by atoms with Gasteiger partial charge in [0.1, 0.15) is 5.75 Å². The minimum absolute atomic E-state index is 0.469. The number of rotatable bonds is 4. The maximum atomic E-state index is 5.68. The van der Waals surface area contributed by atoms with E-state index in [1.807, 2.05) is 30.8 Å². The summed E-state index contributed by atoms with van der Waals surface area (Å²) >= 11 is 0. The largest absolute Gasteiger partial charge is 0.494 e. The second kappa shape index (κ2) is 5.23. The molecule has 0 aliphatic rings. The Labute approximate surface area is 107 Å². The standard InChI is InChI=1S/C14H19N3O/c1-4-18-12-7-5-11(6-8-12)14-10(2)13(9-15)16-17(14)3/h5-8H,4,9,15H2,1-3H3. The summed E-state index contributed by atoms with van der Waals surface area (Å²) in [6, 6.07) is 8.06. The number of ether oxygens (including phenoxy) is 1. The lowest BCUT2D eigenvalue weighted by atomic mass is 10.1. The second-order valence-corrected chi connectivity index (χ2v) is 4.21. The van der Waals surface area contributed by atoms with Crippen LogP contribution in [0.1, 0.15) is 18.2 Å². The van der Waals surface area contributed by atoms with Gasteiger partial charge < -0.3 is 10.5 Å². The summed E-state index contributed by atoms with van der Waals surface area (Å²) in [5, 5.41) is 4.42. The highest BCUT2D eigenvalue weighted by Crippen LogP contribution is 2.26. The maximum Gasteiger partial charge on any atom is 0.119 e. The number of aromatic nitrogens is 2. The van der Waals surface area contributed by atoms with Gasteiger partial charge in [0, 0.05) is 19.2 Å². The molecule has 2 N–H and O–H groups in total. The summed E-state index contributed by atoms with van der Waals surface area (Å²) in [6.07, 6.45) is 0. The fraction of sp³-hybridized carbons (Fsp3) is 0.357. The molecule has 0 radical (unpaired) electrons. The van der Waals surface area contributed by atoms with E-state index in [0.717, 1.165) is 28.3 Å². The predicted molar refractivity (Wildman–Crippen MR) is 72.4 cm³/mol. The van der Waals surface area contributed by atoms with Gasteiger partial charge in [-0.05, 0) is 43.7 Å². The molecule has 2 rings (SSSR count). The van der Waals surface area contributed by atoms with E-state index in [-0.39, 0.29) is 0 Å². The molecule has 0 atom stereocenters. The number of nitrogens with zero attached hydrogens (tertiary/aromatic N) is 2. The molecule has 96 valence electrons. The van der Waals surface area contributed by atoms with Crippen molar-refractivity contribution in [3.63, 3.8) is 0 Å². The van der Waals surface area contributed by atoms with Gasteiger partial charge in [-0.15, -0.1) is 0 Å². The Hall–Kier alpha value is -1.81. The summed E-state index contributed by atoms with van der Waals surface area (Å²) < 4.78 is 7.32. The van der Waals surface area contributed by atoms with E-state index in [9.17, 15) is 0 Å². The Bertz CT molecular complexity index is 529. The van der Waals surface area contributed by atoms with Gasteiger partial charge in [-0.3, -0.25) is 4.68 Å². The molecule has 0 aliphatic heterocycles. The zero-order valence-electron chi connectivity index (χ0n) is 11.1. The molecule has 0 amide bonds. The summed E-state index contributed by atoms with van der Waals surface area (Å²) in [7, 11) is 1.94. The molecule has 1 heterocycles. The van der Waals surface area contributed by atoms with Crippen LogP contribution in [0.15, 0.2) is 24.3 Å². The van der Waals surface area contributed by atoms with Crippen molar-refractivity contribution >= 4 is 0 Å². The SMILES string of the molecule is CCOc1ccc(-c2c(C)c(CN)nn2C)cc1. The fourth-order valence-corrected chi connectivity index (χ4v) is 2.16. The topological polar surface area (TPSA) is 53.1 Å². The molecular formula is C14H19N3O. The van der Waals surface area contributed by atoms with Gasteiger partial charge in [-0.25, -0.2) is 0 Å². The van der Waals surface area contributed by atoms with Crippen LogP contribution in [0.5, 0.6) is 5.75 Å². The molecule has 0 fully saturated rings. The highest BCUT2D eigenvalue weighted by molar-refractivity contribution is 5.65. The first kappa shape index (κ1) is 12.6. The average molecular weight is 245 g/mol. The maximum absolute atomic E-state index is 5.68. The van der Waals surface area contributed by atoms with Gasteiger partial charge in [0.05, 0.1) is 18.0 Å². The Morgan fingerprint density at radius 1 is 1.28 bits per heavy atom. The zero-order valence-corrected chi connectivity index (χ0v) is 11.1. The van der Waals surface area contributed by atoms with Crippen LogP contribution in [0.2, 0.25) is 0 Å². The molecule has 0 aliphatic carbocycles. The lowest BCUT2D eigenvalue weighted by Crippen LogP contribution is -1.99. The normalized spacial score (nSPS) is 10.7. The smallest absolute Gasteiger partial charge is 0.119 e. The number of aryl methyl sites for hydroxylation is 1. The van der Waals surface area contributed by atoms with Crippen LogP contribution in [0.4, 0.5) is 0 Å². The van der Waals surface area contributed by atoms with Gasteiger partial charge in [0.25, 0.3) is 0 Å². The fourth-order valence-electron chi connectivity index (χ4n) is 2.16. The molecule has 2 aromatic rings. The Kier molecular flexibility index (Phi) is 3.67. The van der Waals surface area contributed by atoms with E-state index in [0.29, 0.717) is 13.2 Å². The summed E-state index contributed by atoms with van der Waals surface area (Å²) in [6.45, 7) is 5.19. The number of nitrogens with two attached hydrogens (primary N) is 1. The molecule has 1 aromatic heterocycles. The van der Waals surface area contributed by atoms with Gasteiger partial charge in [-0.1, -0.05) is 0 Å². The first-order chi connectivity index (χ1) is 8.67. The minimum atomic E-state index is 0.469. The van der Waals surface area contributed by atoms with Crippen molar-refractivity contribution in [2.75, 3.05) is 6.61 Å². The highest BCUT2D eigenvalue weighted by atomic mass is 16.5. The quantitative estimate of drug-likeness (QED) is 0.898. The van der Waals surface area contributed by atoms with E-state index in [1.165, 1.54) is 0 Å². The predicted octanol–water partition coefficient (Wildman–Crippen LogP) is 2.25. The van der Waals surface area contributed by atoms with Gasteiger partial charge in [0.2, 0.25) is 0 Å². The van der Waals surface area contributed by atoms with Crippen molar-refractivity contribution < 1.29 is 4.74 Å². The number of hydrogen-bond donors (Lipinski definition) is 1. The third-order valence-corrected chi connectivity index (χ3v) is 3.01. The summed E-state index contributed by atoms with van der Waals surface area (Å²) in [4.78, 5) is 0. The molecule has 0 saturated carbocycles. The van der Waals surface area contributed by atoms with Crippen LogP contribution >= 0.6 is 0 Å². The number of hydrogen-bond acceptors (Lipinski definition) is 3. The van der Waals surface area contributed by atoms with Crippen molar-refractivity contribution in [3.8, 4) is 17.0 Å². The minimum Gasteiger partial charge on any atom is -0.494 e. The molecule has 0 saturated heterocycles. The van der Waals surface area contributed by atoms with E-state index in [4.69, 9.17) is 10.5 Å². The van der Waals surface area contributed by atoms with Crippen LogP contribution in [-0.4, -0.2) is 16.4 Å². The molecule has 18 heavy (non-hydrogen) atoms. The van der Waals surface area contributed by atoms with Crippen molar-refractivity contribution in [1.29, 1.82) is 0 Å².